The number of nitrogens with two attached hydrogens (primary N) is 1. The van der Waals surface area contributed by atoms with Crippen LogP contribution in [-0.4, -0.2) is 17.1 Å². The van der Waals surface area contributed by atoms with Crippen LogP contribution < -0.4 is 5.73 Å². The average molecular weight is 273 g/mol. The van der Waals surface area contributed by atoms with Crippen LogP contribution in [0.4, 0.5) is 0 Å². The molecule has 0 aliphatic heterocycles. The first kappa shape index (κ1) is 10.2. The Kier molecular flexibility index (Phi) is 6.22. The van der Waals surface area contributed by atoms with Crippen molar-refractivity contribution < 1.29 is 31.0 Å². The van der Waals surface area contributed by atoms with Crippen LogP contribution in [0.3, 0.4) is 0 Å². The van der Waals surface area contributed by atoms with Crippen LogP contribution in [-0.2, 0) is 25.9 Å². The van der Waals surface area contributed by atoms with E-state index in [-0.39, 0.29) is 21.1 Å². The van der Waals surface area contributed by atoms with Crippen LogP contribution in [0.5, 0.6) is 0 Å². The second-order valence-electron chi connectivity index (χ2n) is 1.13. The monoisotopic (exact) mass is 273 g/mol. The predicted octanol–water partition coefficient (Wildman–Crippen LogP) is -0.584. The summed E-state index contributed by atoms with van der Waals surface area (Å²) in [5, 5.41) is 7.87. The largest absolute Gasteiger partial charge is 0.480 e. The molecule has 1 unspecified atom stereocenters. The number of hydrogen-bond acceptors (Lipinski definition) is 2. The maximum atomic E-state index is 9.57. The molecule has 0 aliphatic rings. The molecule has 0 fully saturated rings. The summed E-state index contributed by atoms with van der Waals surface area (Å²) in [7, 11) is 0. The Bertz CT molecular complexity index is 64.0. The molecule has 0 aromatic heterocycles. The third-order valence-electron chi connectivity index (χ3n) is 0.390. The van der Waals surface area contributed by atoms with E-state index in [1.165, 1.54) is 6.92 Å². The van der Waals surface area contributed by atoms with Gasteiger partial charge in [-0.15, -0.1) is 0 Å². The maximum Gasteiger partial charge on any atom is 0.320 e. The molecule has 4 heteroatoms. The van der Waals surface area contributed by atoms with Crippen LogP contribution >= 0.6 is 0 Å². The normalized spacial score (nSPS) is 11.7. The zero-order chi connectivity index (χ0) is 5.15. The van der Waals surface area contributed by atoms with Crippen LogP contribution in [0.25, 0.3) is 0 Å². The van der Waals surface area contributed by atoms with E-state index in [1.807, 2.05) is 0 Å². The van der Waals surface area contributed by atoms with Crippen LogP contribution in [0, 0.1) is 0 Å². The minimum absolute atomic E-state index is 0. The van der Waals surface area contributed by atoms with Gasteiger partial charge in [-0.2, -0.15) is 0 Å². The van der Waals surface area contributed by atoms with Crippen molar-refractivity contribution >= 4 is 5.97 Å². The van der Waals surface area contributed by atoms with Gasteiger partial charge in [0.05, 0.1) is 0 Å². The molecule has 1 atom stereocenters. The summed E-state index contributed by atoms with van der Waals surface area (Å²) in [6.07, 6.45) is 0. The van der Waals surface area contributed by atoms with Crippen LogP contribution in [0.1, 0.15) is 6.92 Å². The molecule has 0 bridgehead atoms. The quantitative estimate of drug-likeness (QED) is 0.671. The van der Waals surface area contributed by atoms with E-state index >= 15 is 0 Å². The van der Waals surface area contributed by atoms with Gasteiger partial charge >= 0.3 is 5.97 Å². The van der Waals surface area contributed by atoms with Gasteiger partial charge in [-0.25, -0.2) is 0 Å². The van der Waals surface area contributed by atoms with Gasteiger partial charge < -0.3 is 10.8 Å². The van der Waals surface area contributed by atoms with Crippen molar-refractivity contribution in [2.45, 2.75) is 13.0 Å². The molecule has 3 N–H and O–H groups in total. The van der Waals surface area contributed by atoms with Gasteiger partial charge in [0.1, 0.15) is 6.04 Å². The molecule has 0 saturated heterocycles. The first-order valence-electron chi connectivity index (χ1n) is 1.63. The number of carboxylic acid groups (broad SMARTS) is 1. The topological polar surface area (TPSA) is 63.3 Å². The van der Waals surface area contributed by atoms with E-state index < -0.39 is 12.0 Å². The van der Waals surface area contributed by atoms with Gasteiger partial charge in [0.25, 0.3) is 0 Å². The number of aliphatic carboxylic acids is 1. The third kappa shape index (κ3) is 6.12. The Hall–Kier alpha value is 0.118. The van der Waals surface area contributed by atoms with Crippen molar-refractivity contribution in [3.63, 3.8) is 0 Å². The molecule has 0 amide bonds. The number of hydrogen-bond donors (Lipinski definition) is 2. The van der Waals surface area contributed by atoms with Gasteiger partial charge in [0.15, 0.2) is 0 Å². The molecule has 0 aromatic carbocycles. The van der Waals surface area contributed by atoms with Crippen molar-refractivity contribution in [1.82, 2.24) is 0 Å². The fourth-order valence-corrected chi connectivity index (χ4v) is 0. The molecule has 7 heavy (non-hydrogen) atoms. The Labute approximate surface area is 56.2 Å². The summed E-state index contributed by atoms with van der Waals surface area (Å²) in [5.41, 5.74) is 4.84. The summed E-state index contributed by atoms with van der Waals surface area (Å²) in [6.45, 7) is 1.42. The van der Waals surface area contributed by atoms with E-state index in [0.717, 1.165) is 0 Å². The zero-order valence-corrected chi connectivity index (χ0v) is 6.85. The van der Waals surface area contributed by atoms with Crippen molar-refractivity contribution in [1.29, 1.82) is 0 Å². The molecule has 0 spiro atoms. The summed E-state index contributed by atoms with van der Waals surface area (Å²) < 4.78 is 0. The summed E-state index contributed by atoms with van der Waals surface area (Å²) >= 11 is 0. The molecule has 0 aromatic rings. The fourth-order valence-electron chi connectivity index (χ4n) is 0. The van der Waals surface area contributed by atoms with Crippen molar-refractivity contribution in [2.75, 3.05) is 0 Å². The maximum absolute atomic E-state index is 9.57. The van der Waals surface area contributed by atoms with Gasteiger partial charge in [0.2, 0.25) is 0 Å². The fraction of sp³-hybridized carbons (Fsp3) is 0.667. The van der Waals surface area contributed by atoms with E-state index in [4.69, 9.17) is 10.8 Å². The second-order valence-corrected chi connectivity index (χ2v) is 1.13. The predicted molar refractivity (Wildman–Crippen MR) is 21.3 cm³/mol. The standard InChI is InChI=1S/C3H7NO2.W/c1-2(4)3(5)6;/h2H,4H2,1H3,(H,5,6);. The summed E-state index contributed by atoms with van der Waals surface area (Å²) in [4.78, 5) is 9.57. The summed E-state index contributed by atoms with van der Waals surface area (Å²) in [6, 6.07) is -0.731. The smallest absolute Gasteiger partial charge is 0.320 e. The average Bonchev–Trinajstić information content (AvgIpc) is 1.36. The first-order valence-corrected chi connectivity index (χ1v) is 1.63. The molecular formula is C3H7NO2W. The van der Waals surface area contributed by atoms with E-state index in [9.17, 15) is 4.79 Å². The minimum atomic E-state index is -0.963. The molecular weight excluding hydrogens is 266 g/mol. The van der Waals surface area contributed by atoms with E-state index in [0.29, 0.717) is 0 Å². The Morgan fingerprint density at radius 2 is 2.00 bits per heavy atom. The SMILES string of the molecule is CC(N)C(=O)O.[W]. The number of carbonyl (C=O) groups is 1. The van der Waals surface area contributed by atoms with Crippen molar-refractivity contribution in [3.05, 3.63) is 0 Å². The van der Waals surface area contributed by atoms with Crippen molar-refractivity contribution in [3.8, 4) is 0 Å². The number of carboxylic acids is 1. The zero-order valence-electron chi connectivity index (χ0n) is 3.92. The molecule has 0 heterocycles. The van der Waals surface area contributed by atoms with E-state index in [2.05, 4.69) is 0 Å². The van der Waals surface area contributed by atoms with Gasteiger partial charge in [-0.1, -0.05) is 0 Å². The molecule has 3 nitrogen and oxygen atoms in total. The van der Waals surface area contributed by atoms with E-state index in [1.54, 1.807) is 0 Å². The molecule has 0 aliphatic carbocycles. The Morgan fingerprint density at radius 1 is 1.86 bits per heavy atom. The molecule has 0 radical (unpaired) electrons. The number of rotatable bonds is 1. The molecule has 0 saturated carbocycles. The van der Waals surface area contributed by atoms with Gasteiger partial charge in [0, 0.05) is 21.1 Å². The van der Waals surface area contributed by atoms with Crippen LogP contribution in [0.15, 0.2) is 0 Å². The minimum Gasteiger partial charge on any atom is -0.480 e. The van der Waals surface area contributed by atoms with Crippen LogP contribution in [0.2, 0.25) is 0 Å². The second kappa shape index (κ2) is 4.28. The Balaban J connectivity index is 0. The summed E-state index contributed by atoms with van der Waals surface area (Å²) in [5.74, 6) is -0.963. The molecule has 42 valence electrons. The first-order chi connectivity index (χ1) is 2.64. The van der Waals surface area contributed by atoms with Crippen molar-refractivity contribution in [2.24, 2.45) is 5.73 Å². The van der Waals surface area contributed by atoms with Gasteiger partial charge in [-0.05, 0) is 6.92 Å². The molecule has 0 rings (SSSR count). The van der Waals surface area contributed by atoms with Gasteiger partial charge in [-0.3, -0.25) is 4.79 Å². The Morgan fingerprint density at radius 3 is 2.00 bits per heavy atom. The third-order valence-corrected chi connectivity index (χ3v) is 0.390.